The van der Waals surface area contributed by atoms with Crippen LogP contribution in [-0.4, -0.2) is 64.5 Å². The number of carboxylic acids is 1. The van der Waals surface area contributed by atoms with E-state index in [9.17, 15) is 19.8 Å². The molecule has 0 aliphatic heterocycles. The van der Waals surface area contributed by atoms with E-state index in [4.69, 9.17) is 5.11 Å². The molecule has 0 bridgehead atoms. The summed E-state index contributed by atoms with van der Waals surface area (Å²) in [6, 6.07) is 0. The van der Waals surface area contributed by atoms with E-state index in [-0.39, 0.29) is 4.48 Å². The highest BCUT2D eigenvalue weighted by Gasteiger charge is 2.52. The quantitative estimate of drug-likeness (QED) is 0.433. The van der Waals surface area contributed by atoms with Gasteiger partial charge < -0.3 is 19.8 Å². The fourth-order valence-corrected chi connectivity index (χ4v) is 1.68. The van der Waals surface area contributed by atoms with Gasteiger partial charge in [-0.05, 0) is 0 Å². The average Bonchev–Trinajstić information content (AvgIpc) is 2.12. The van der Waals surface area contributed by atoms with Crippen LogP contribution >= 0.6 is 0 Å². The van der Waals surface area contributed by atoms with E-state index in [2.05, 4.69) is 0 Å². The molecule has 0 heterocycles. The van der Waals surface area contributed by atoms with Crippen molar-refractivity contribution in [2.45, 2.75) is 32.1 Å². The van der Waals surface area contributed by atoms with Crippen molar-refractivity contribution in [1.82, 2.24) is 0 Å². The summed E-state index contributed by atoms with van der Waals surface area (Å²) in [5.74, 6) is -2.55. The molecule has 3 N–H and O–H groups in total. The number of aliphatic hydroxyl groups is 2. The van der Waals surface area contributed by atoms with Gasteiger partial charge in [0.05, 0.1) is 27.6 Å². The highest BCUT2D eigenvalue weighted by atomic mass is 16.4. The molecule has 100 valence electrons. The van der Waals surface area contributed by atoms with Gasteiger partial charge in [0.2, 0.25) is 11.8 Å². The third kappa shape index (κ3) is 3.76. The molecule has 6 nitrogen and oxygen atoms in total. The largest absolute Gasteiger partial charge is 0.481 e. The van der Waals surface area contributed by atoms with Gasteiger partial charge in [0, 0.05) is 5.92 Å². The van der Waals surface area contributed by atoms with Crippen molar-refractivity contribution in [3.05, 3.63) is 0 Å². The molecule has 0 aromatic carbocycles. The number of carbonyl (C=O) groups excluding carboxylic acids is 1. The van der Waals surface area contributed by atoms with Crippen LogP contribution in [0.2, 0.25) is 0 Å². The maximum atomic E-state index is 11.9. The van der Waals surface area contributed by atoms with Crippen molar-refractivity contribution >= 4 is 11.8 Å². The van der Waals surface area contributed by atoms with Crippen LogP contribution in [0.25, 0.3) is 0 Å². The van der Waals surface area contributed by atoms with E-state index in [0.29, 0.717) is 0 Å². The Morgan fingerprint density at radius 3 is 1.88 bits per heavy atom. The third-order valence-corrected chi connectivity index (χ3v) is 2.53. The Kier molecular flexibility index (Phi) is 4.82. The van der Waals surface area contributed by atoms with Crippen LogP contribution in [0.3, 0.4) is 0 Å². The second kappa shape index (κ2) is 5.12. The highest BCUT2D eigenvalue weighted by molar-refractivity contribution is 5.92. The van der Waals surface area contributed by atoms with Gasteiger partial charge in [-0.3, -0.25) is 9.59 Å². The topological polar surface area (TPSA) is 94.8 Å². The molecule has 2 unspecified atom stereocenters. The lowest BCUT2D eigenvalue weighted by Gasteiger charge is -2.39. The number of aliphatic hydroxyl groups excluding tert-OH is 1. The van der Waals surface area contributed by atoms with Gasteiger partial charge in [0.1, 0.15) is 0 Å². The molecule has 0 aromatic rings. The molecule has 0 saturated carbocycles. The van der Waals surface area contributed by atoms with E-state index < -0.39 is 35.9 Å². The maximum Gasteiger partial charge on any atom is 0.307 e. The fraction of sp³-hybridized carbons (Fsp3) is 0.818. The fourth-order valence-electron chi connectivity index (χ4n) is 1.68. The number of carbonyl (C=O) groups is 2. The Balaban J connectivity index is 5.39. The summed E-state index contributed by atoms with van der Waals surface area (Å²) in [6.07, 6.45) is -2.30. The van der Waals surface area contributed by atoms with Gasteiger partial charge in [0.25, 0.3) is 0 Å². The van der Waals surface area contributed by atoms with E-state index >= 15 is 0 Å². The van der Waals surface area contributed by atoms with Gasteiger partial charge in [0.15, 0.2) is 5.78 Å². The van der Waals surface area contributed by atoms with Crippen molar-refractivity contribution < 1.29 is 29.4 Å². The van der Waals surface area contributed by atoms with E-state index in [0.717, 1.165) is 0 Å². The number of quaternary nitrogens is 1. The van der Waals surface area contributed by atoms with E-state index in [1.54, 1.807) is 35.0 Å². The summed E-state index contributed by atoms with van der Waals surface area (Å²) in [5.41, 5.74) is -2.27. The Hall–Kier alpha value is -0.980. The number of hydrogen-bond acceptors (Lipinski definition) is 4. The lowest BCUT2D eigenvalue weighted by molar-refractivity contribution is -0.925. The molecule has 0 amide bonds. The molecule has 0 radical (unpaired) electrons. The summed E-state index contributed by atoms with van der Waals surface area (Å²) in [6.45, 7) is 3.11. The van der Waals surface area contributed by atoms with E-state index in [1.807, 2.05) is 0 Å². The van der Waals surface area contributed by atoms with E-state index in [1.165, 1.54) is 0 Å². The molecule has 17 heavy (non-hydrogen) atoms. The first-order valence-corrected chi connectivity index (χ1v) is 5.40. The standard InChI is InChI=1S/C11H21NO5/c1-7(2)9(15)11(17,6-8(13)14)10(16)12(3,4)5/h7,10,16-17H,6H2,1-5H3/p+1. The molecule has 0 spiro atoms. The number of carboxylic acid groups (broad SMARTS) is 1. The normalized spacial score (nSPS) is 17.6. The van der Waals surface area contributed by atoms with Gasteiger partial charge in [-0.25, -0.2) is 0 Å². The Morgan fingerprint density at radius 1 is 1.24 bits per heavy atom. The van der Waals surface area contributed by atoms with Crippen molar-refractivity contribution in [3.8, 4) is 0 Å². The Labute approximate surface area is 101 Å². The summed E-state index contributed by atoms with van der Waals surface area (Å²) >= 11 is 0. The zero-order valence-electron chi connectivity index (χ0n) is 11.0. The lowest BCUT2D eigenvalue weighted by atomic mass is 9.85. The zero-order chi connectivity index (χ0) is 14.0. The number of rotatable bonds is 6. The number of ketones is 1. The van der Waals surface area contributed by atoms with Gasteiger partial charge >= 0.3 is 5.97 Å². The first-order valence-electron chi connectivity index (χ1n) is 5.40. The predicted octanol–water partition coefficient (Wildman–Crippen LogP) is -0.558. The molecule has 0 fully saturated rings. The smallest absolute Gasteiger partial charge is 0.307 e. The third-order valence-electron chi connectivity index (χ3n) is 2.53. The van der Waals surface area contributed by atoms with Crippen LogP contribution in [0.1, 0.15) is 20.3 Å². The van der Waals surface area contributed by atoms with Gasteiger partial charge in [-0.2, -0.15) is 0 Å². The molecule has 2 atom stereocenters. The first-order chi connectivity index (χ1) is 7.43. The Morgan fingerprint density at radius 2 is 1.65 bits per heavy atom. The molecule has 0 rings (SSSR count). The number of likely N-dealkylation sites (N-methyl/N-ethyl adjacent to an activating group) is 1. The summed E-state index contributed by atoms with van der Waals surface area (Å²) in [4.78, 5) is 22.6. The number of Topliss-reactive ketones (excluding diaryl/α,β-unsaturated/α-hetero) is 1. The minimum Gasteiger partial charge on any atom is -0.481 e. The SMILES string of the molecule is CC(C)C(=O)C(O)(CC(=O)O)C(O)[N+](C)(C)C. The number of nitrogens with zero attached hydrogens (tertiary/aromatic N) is 1. The second-order valence-electron chi connectivity index (χ2n) is 5.50. The van der Waals surface area contributed by atoms with Crippen molar-refractivity contribution in [1.29, 1.82) is 0 Å². The minimum absolute atomic E-state index is 0.123. The summed E-state index contributed by atoms with van der Waals surface area (Å²) < 4.78 is -0.123. The van der Waals surface area contributed by atoms with Crippen LogP contribution < -0.4 is 0 Å². The maximum absolute atomic E-state index is 11.9. The molecule has 0 saturated heterocycles. The molecule has 6 heteroatoms. The molecule has 0 aromatic heterocycles. The monoisotopic (exact) mass is 248 g/mol. The van der Waals surface area contributed by atoms with Crippen LogP contribution in [0.4, 0.5) is 0 Å². The van der Waals surface area contributed by atoms with Crippen molar-refractivity contribution in [2.75, 3.05) is 21.1 Å². The van der Waals surface area contributed by atoms with Crippen LogP contribution in [-0.2, 0) is 9.59 Å². The molecule has 0 aliphatic carbocycles. The highest BCUT2D eigenvalue weighted by Crippen LogP contribution is 2.25. The van der Waals surface area contributed by atoms with Crippen molar-refractivity contribution in [2.24, 2.45) is 5.92 Å². The molecule has 0 aliphatic rings. The minimum atomic E-state index is -2.27. The predicted molar refractivity (Wildman–Crippen MR) is 61.1 cm³/mol. The Bertz CT molecular complexity index is 307. The van der Waals surface area contributed by atoms with Crippen LogP contribution in [0, 0.1) is 5.92 Å². The average molecular weight is 248 g/mol. The van der Waals surface area contributed by atoms with Crippen molar-refractivity contribution in [3.63, 3.8) is 0 Å². The number of hydrogen-bond donors (Lipinski definition) is 3. The second-order valence-corrected chi connectivity index (χ2v) is 5.50. The zero-order valence-corrected chi connectivity index (χ0v) is 11.0. The summed E-state index contributed by atoms with van der Waals surface area (Å²) in [5, 5.41) is 29.0. The van der Waals surface area contributed by atoms with Gasteiger partial charge in [-0.1, -0.05) is 13.8 Å². The molecular formula is C11H22NO5+. The summed E-state index contributed by atoms with van der Waals surface area (Å²) in [7, 11) is 4.72. The first kappa shape index (κ1) is 16.0. The van der Waals surface area contributed by atoms with Gasteiger partial charge in [-0.15, -0.1) is 0 Å². The lowest BCUT2D eigenvalue weighted by Crippen LogP contribution is -2.63. The molecular weight excluding hydrogens is 226 g/mol. The van der Waals surface area contributed by atoms with Crippen LogP contribution in [0.5, 0.6) is 0 Å². The van der Waals surface area contributed by atoms with Crippen LogP contribution in [0.15, 0.2) is 0 Å². The number of aliphatic carboxylic acids is 1.